The molecule has 2 heterocycles. The van der Waals surface area contributed by atoms with Gasteiger partial charge in [-0.2, -0.15) is 0 Å². The molecular weight excluding hydrogens is 308 g/mol. The Kier molecular flexibility index (Phi) is 3.63. The van der Waals surface area contributed by atoms with Crippen molar-refractivity contribution in [2.45, 2.75) is 37.9 Å². The van der Waals surface area contributed by atoms with Gasteiger partial charge < -0.3 is 9.47 Å². The fourth-order valence-electron chi connectivity index (χ4n) is 3.11. The highest BCUT2D eigenvalue weighted by Crippen LogP contribution is 2.40. The molecular formula is C15H17BrO3. The molecule has 0 saturated carbocycles. The zero-order chi connectivity index (χ0) is 13.4. The van der Waals surface area contributed by atoms with E-state index in [1.807, 2.05) is 18.2 Å². The number of halogens is 1. The van der Waals surface area contributed by atoms with E-state index in [0.29, 0.717) is 18.3 Å². The Labute approximate surface area is 121 Å². The molecule has 2 aliphatic rings. The van der Waals surface area contributed by atoms with E-state index in [1.165, 1.54) is 0 Å². The van der Waals surface area contributed by atoms with Crippen molar-refractivity contribution in [2.24, 2.45) is 5.92 Å². The maximum atomic E-state index is 12.4. The lowest BCUT2D eigenvalue weighted by Gasteiger charge is -2.17. The average Bonchev–Trinajstić information content (AvgIpc) is 3.03. The van der Waals surface area contributed by atoms with Gasteiger partial charge in [-0.1, -0.05) is 15.9 Å². The van der Waals surface area contributed by atoms with Crippen molar-refractivity contribution >= 4 is 21.7 Å². The molecule has 0 aromatic heterocycles. The van der Waals surface area contributed by atoms with Crippen LogP contribution in [0.25, 0.3) is 0 Å². The Morgan fingerprint density at radius 3 is 2.95 bits per heavy atom. The topological polar surface area (TPSA) is 35.5 Å². The summed E-state index contributed by atoms with van der Waals surface area (Å²) in [5.74, 6) is 1.17. The van der Waals surface area contributed by atoms with Crippen LogP contribution in [0.1, 0.15) is 24.8 Å². The van der Waals surface area contributed by atoms with E-state index < -0.39 is 0 Å². The lowest BCUT2D eigenvalue weighted by Crippen LogP contribution is -2.26. The van der Waals surface area contributed by atoms with Crippen molar-refractivity contribution in [2.75, 3.05) is 7.11 Å². The van der Waals surface area contributed by atoms with E-state index in [9.17, 15) is 4.79 Å². The first-order valence-electron chi connectivity index (χ1n) is 6.68. The largest absolute Gasteiger partial charge is 0.497 e. The second-order valence-electron chi connectivity index (χ2n) is 5.32. The highest BCUT2D eigenvalue weighted by Gasteiger charge is 2.43. The molecule has 3 atom stereocenters. The summed E-state index contributed by atoms with van der Waals surface area (Å²) in [4.78, 5) is 12.4. The summed E-state index contributed by atoms with van der Waals surface area (Å²) >= 11 is 3.50. The molecule has 0 spiro atoms. The van der Waals surface area contributed by atoms with Crippen LogP contribution in [0.3, 0.4) is 0 Å². The van der Waals surface area contributed by atoms with E-state index >= 15 is 0 Å². The van der Waals surface area contributed by atoms with E-state index in [1.54, 1.807) is 7.11 Å². The van der Waals surface area contributed by atoms with Crippen LogP contribution in [0.4, 0.5) is 0 Å². The first kappa shape index (κ1) is 13.1. The first-order chi connectivity index (χ1) is 9.17. The third kappa shape index (κ3) is 2.56. The molecule has 3 unspecified atom stereocenters. The molecule has 2 fully saturated rings. The minimum atomic E-state index is 0.0943. The lowest BCUT2D eigenvalue weighted by molar-refractivity contribution is -0.123. The predicted molar refractivity (Wildman–Crippen MR) is 75.4 cm³/mol. The van der Waals surface area contributed by atoms with Crippen LogP contribution in [0, 0.1) is 5.92 Å². The molecule has 0 amide bonds. The number of hydrogen-bond acceptors (Lipinski definition) is 3. The number of hydrogen-bond donors (Lipinski definition) is 0. The number of Topliss-reactive ketones (excluding diaryl/α,β-unsaturated/α-hetero) is 1. The summed E-state index contributed by atoms with van der Waals surface area (Å²) in [6.45, 7) is 0. The summed E-state index contributed by atoms with van der Waals surface area (Å²) in [7, 11) is 1.64. The highest BCUT2D eigenvalue weighted by molar-refractivity contribution is 9.10. The quantitative estimate of drug-likeness (QED) is 0.853. The van der Waals surface area contributed by atoms with Gasteiger partial charge in [-0.25, -0.2) is 0 Å². The summed E-state index contributed by atoms with van der Waals surface area (Å²) in [6.07, 6.45) is 4.02. The molecule has 2 saturated heterocycles. The van der Waals surface area contributed by atoms with Crippen molar-refractivity contribution in [3.8, 4) is 5.75 Å². The average molecular weight is 325 g/mol. The second-order valence-corrected chi connectivity index (χ2v) is 6.17. The van der Waals surface area contributed by atoms with Crippen LogP contribution in [0.15, 0.2) is 22.7 Å². The molecule has 4 heteroatoms. The van der Waals surface area contributed by atoms with Gasteiger partial charge in [-0.05, 0) is 43.0 Å². The van der Waals surface area contributed by atoms with E-state index in [4.69, 9.17) is 9.47 Å². The van der Waals surface area contributed by atoms with E-state index in [2.05, 4.69) is 15.9 Å². The number of carbonyl (C=O) groups is 1. The maximum Gasteiger partial charge on any atom is 0.143 e. The molecule has 102 valence electrons. The van der Waals surface area contributed by atoms with E-state index in [-0.39, 0.29) is 12.0 Å². The monoisotopic (exact) mass is 324 g/mol. The first-order valence-corrected chi connectivity index (χ1v) is 7.47. The number of ketones is 1. The zero-order valence-corrected chi connectivity index (χ0v) is 12.5. The molecule has 2 bridgehead atoms. The molecule has 3 rings (SSSR count). The van der Waals surface area contributed by atoms with Crippen LogP contribution in [0.2, 0.25) is 0 Å². The van der Waals surface area contributed by atoms with Gasteiger partial charge in [0.1, 0.15) is 11.5 Å². The number of carbonyl (C=O) groups excluding carboxylic acids is 1. The van der Waals surface area contributed by atoms with Crippen LogP contribution in [-0.4, -0.2) is 25.1 Å². The standard InChI is InChI=1S/C15H17BrO3/c1-18-10-2-4-13(16)9(6-10)7-14(17)12-8-11-3-5-15(12)19-11/h2,4,6,11-12,15H,3,5,7-8H2,1H3. The minimum absolute atomic E-state index is 0.0943. The third-order valence-electron chi connectivity index (χ3n) is 4.14. The fourth-order valence-corrected chi connectivity index (χ4v) is 3.50. The zero-order valence-electron chi connectivity index (χ0n) is 10.9. The third-order valence-corrected chi connectivity index (χ3v) is 4.91. The SMILES string of the molecule is COc1ccc(Br)c(CC(=O)C2CC3CCC2O3)c1. The number of benzene rings is 1. The Hall–Kier alpha value is -0.870. The van der Waals surface area contributed by atoms with Gasteiger partial charge >= 0.3 is 0 Å². The van der Waals surface area contributed by atoms with Crippen LogP contribution in [0.5, 0.6) is 5.75 Å². The molecule has 19 heavy (non-hydrogen) atoms. The molecule has 0 radical (unpaired) electrons. The summed E-state index contributed by atoms with van der Waals surface area (Å²) in [6, 6.07) is 5.74. The summed E-state index contributed by atoms with van der Waals surface area (Å²) in [5, 5.41) is 0. The number of methoxy groups -OCH3 is 1. The molecule has 2 aliphatic heterocycles. The Morgan fingerprint density at radius 1 is 1.47 bits per heavy atom. The van der Waals surface area contributed by atoms with Crippen molar-refractivity contribution in [1.29, 1.82) is 0 Å². The van der Waals surface area contributed by atoms with Crippen LogP contribution < -0.4 is 4.74 Å². The van der Waals surface area contributed by atoms with Gasteiger partial charge in [-0.15, -0.1) is 0 Å². The Bertz CT molecular complexity index is 500. The minimum Gasteiger partial charge on any atom is -0.497 e. The van der Waals surface area contributed by atoms with Gasteiger partial charge in [0.25, 0.3) is 0 Å². The fraction of sp³-hybridized carbons (Fsp3) is 0.533. The van der Waals surface area contributed by atoms with Crippen molar-refractivity contribution in [1.82, 2.24) is 0 Å². The normalized spacial score (nSPS) is 28.6. The maximum absolute atomic E-state index is 12.4. The Morgan fingerprint density at radius 2 is 2.32 bits per heavy atom. The summed E-state index contributed by atoms with van der Waals surface area (Å²) < 4.78 is 11.9. The smallest absolute Gasteiger partial charge is 0.143 e. The van der Waals surface area contributed by atoms with Gasteiger partial charge in [0.15, 0.2) is 0 Å². The van der Waals surface area contributed by atoms with Crippen molar-refractivity contribution in [3.63, 3.8) is 0 Å². The van der Waals surface area contributed by atoms with Crippen LogP contribution in [-0.2, 0) is 16.0 Å². The van der Waals surface area contributed by atoms with Crippen LogP contribution >= 0.6 is 15.9 Å². The predicted octanol–water partition coefficient (Wildman–Crippen LogP) is 3.14. The van der Waals surface area contributed by atoms with Gasteiger partial charge in [0, 0.05) is 16.8 Å². The number of rotatable bonds is 4. The van der Waals surface area contributed by atoms with E-state index in [0.717, 1.165) is 35.0 Å². The molecule has 3 nitrogen and oxygen atoms in total. The molecule has 1 aromatic carbocycles. The highest BCUT2D eigenvalue weighted by atomic mass is 79.9. The van der Waals surface area contributed by atoms with Crippen molar-refractivity contribution in [3.05, 3.63) is 28.2 Å². The summed E-state index contributed by atoms with van der Waals surface area (Å²) in [5.41, 5.74) is 0.993. The molecule has 1 aromatic rings. The van der Waals surface area contributed by atoms with Crippen molar-refractivity contribution < 1.29 is 14.3 Å². The number of fused-ring (bicyclic) bond motifs is 2. The molecule has 0 N–H and O–H groups in total. The second kappa shape index (κ2) is 5.25. The van der Waals surface area contributed by atoms with Gasteiger partial charge in [0.05, 0.1) is 19.3 Å². The lowest BCUT2D eigenvalue weighted by atomic mass is 9.84. The molecule has 0 aliphatic carbocycles. The van der Waals surface area contributed by atoms with Gasteiger partial charge in [0.2, 0.25) is 0 Å². The van der Waals surface area contributed by atoms with Gasteiger partial charge in [-0.3, -0.25) is 4.79 Å². The number of ether oxygens (including phenoxy) is 2. The Balaban J connectivity index is 1.72.